The van der Waals surface area contributed by atoms with Gasteiger partial charge >= 0.3 is 0 Å². The van der Waals surface area contributed by atoms with E-state index in [9.17, 15) is 0 Å². The molecule has 0 bridgehead atoms. The Labute approximate surface area is 116 Å². The summed E-state index contributed by atoms with van der Waals surface area (Å²) in [7, 11) is 0. The molecule has 94 valence electrons. The van der Waals surface area contributed by atoms with Crippen molar-refractivity contribution in [1.82, 2.24) is 5.32 Å². The molecule has 1 N–H and O–H groups in total. The van der Waals surface area contributed by atoms with Crippen LogP contribution < -0.4 is 10.2 Å². The molecule has 0 aliphatic carbocycles. The van der Waals surface area contributed by atoms with Gasteiger partial charge in [-0.2, -0.15) is 0 Å². The first-order valence-electron chi connectivity index (χ1n) is 6.14. The van der Waals surface area contributed by atoms with Crippen LogP contribution in [0.3, 0.4) is 0 Å². The van der Waals surface area contributed by atoms with Crippen molar-refractivity contribution in [3.63, 3.8) is 0 Å². The molecule has 1 fully saturated rings. The highest BCUT2D eigenvalue weighted by Crippen LogP contribution is 2.31. The Morgan fingerprint density at radius 3 is 3.06 bits per heavy atom. The van der Waals surface area contributed by atoms with Gasteiger partial charge in [0, 0.05) is 28.6 Å². The van der Waals surface area contributed by atoms with Gasteiger partial charge in [-0.15, -0.1) is 0 Å². The SMILES string of the molecule is CCCNC1CCN(c2ccc(Cl)cc2Br)C1. The van der Waals surface area contributed by atoms with Crippen LogP contribution in [0, 0.1) is 0 Å². The number of hydrogen-bond donors (Lipinski definition) is 1. The zero-order valence-corrected chi connectivity index (χ0v) is 12.4. The summed E-state index contributed by atoms with van der Waals surface area (Å²) in [6.07, 6.45) is 2.41. The highest BCUT2D eigenvalue weighted by Gasteiger charge is 2.23. The standard InChI is InChI=1S/C13H18BrClN2/c1-2-6-16-11-5-7-17(9-11)13-4-3-10(15)8-12(13)14/h3-4,8,11,16H,2,5-7,9H2,1H3. The number of benzene rings is 1. The Morgan fingerprint density at radius 2 is 2.35 bits per heavy atom. The number of hydrogen-bond acceptors (Lipinski definition) is 2. The van der Waals surface area contributed by atoms with Gasteiger partial charge in [0.05, 0.1) is 5.69 Å². The van der Waals surface area contributed by atoms with Crippen molar-refractivity contribution in [2.75, 3.05) is 24.5 Å². The average Bonchev–Trinajstić information content (AvgIpc) is 2.75. The molecule has 1 atom stereocenters. The van der Waals surface area contributed by atoms with Crippen molar-refractivity contribution in [3.8, 4) is 0 Å². The molecule has 0 aromatic heterocycles. The maximum Gasteiger partial charge on any atom is 0.0512 e. The van der Waals surface area contributed by atoms with E-state index in [-0.39, 0.29) is 0 Å². The molecule has 1 aliphatic rings. The summed E-state index contributed by atoms with van der Waals surface area (Å²) in [5, 5.41) is 4.36. The van der Waals surface area contributed by atoms with Crippen LogP contribution in [-0.4, -0.2) is 25.7 Å². The Bertz CT molecular complexity index is 384. The van der Waals surface area contributed by atoms with E-state index in [0.29, 0.717) is 6.04 Å². The predicted molar refractivity (Wildman–Crippen MR) is 78.1 cm³/mol. The molecule has 1 saturated heterocycles. The molecule has 0 radical (unpaired) electrons. The van der Waals surface area contributed by atoms with Crippen LogP contribution in [0.1, 0.15) is 19.8 Å². The minimum Gasteiger partial charge on any atom is -0.369 e. The molecule has 1 aliphatic heterocycles. The van der Waals surface area contributed by atoms with E-state index in [1.54, 1.807) is 0 Å². The second-order valence-electron chi connectivity index (χ2n) is 4.48. The molecule has 1 heterocycles. The fraction of sp³-hybridized carbons (Fsp3) is 0.538. The molecule has 17 heavy (non-hydrogen) atoms. The lowest BCUT2D eigenvalue weighted by molar-refractivity contribution is 0.549. The molecule has 4 heteroatoms. The Balaban J connectivity index is 2.00. The monoisotopic (exact) mass is 316 g/mol. The third kappa shape index (κ3) is 3.36. The third-order valence-electron chi connectivity index (χ3n) is 3.12. The summed E-state index contributed by atoms with van der Waals surface area (Å²) < 4.78 is 1.08. The summed E-state index contributed by atoms with van der Waals surface area (Å²) in [6, 6.07) is 6.63. The largest absolute Gasteiger partial charge is 0.369 e. The van der Waals surface area contributed by atoms with Crippen molar-refractivity contribution >= 4 is 33.2 Å². The van der Waals surface area contributed by atoms with Crippen LogP contribution in [0.15, 0.2) is 22.7 Å². The van der Waals surface area contributed by atoms with E-state index >= 15 is 0 Å². The van der Waals surface area contributed by atoms with Crippen molar-refractivity contribution < 1.29 is 0 Å². The number of nitrogens with zero attached hydrogens (tertiary/aromatic N) is 1. The van der Waals surface area contributed by atoms with Gasteiger partial charge in [-0.05, 0) is 53.5 Å². The molecule has 1 aromatic carbocycles. The average molecular weight is 318 g/mol. The van der Waals surface area contributed by atoms with Crippen molar-refractivity contribution in [1.29, 1.82) is 0 Å². The van der Waals surface area contributed by atoms with Gasteiger partial charge < -0.3 is 10.2 Å². The van der Waals surface area contributed by atoms with E-state index in [2.05, 4.69) is 39.1 Å². The Morgan fingerprint density at radius 1 is 1.53 bits per heavy atom. The maximum atomic E-state index is 5.96. The first-order chi connectivity index (χ1) is 8.20. The van der Waals surface area contributed by atoms with Gasteiger partial charge in [0.25, 0.3) is 0 Å². The van der Waals surface area contributed by atoms with Crippen molar-refractivity contribution in [2.24, 2.45) is 0 Å². The van der Waals surface area contributed by atoms with Gasteiger partial charge in [0.1, 0.15) is 0 Å². The number of anilines is 1. The second kappa shape index (κ2) is 6.07. The minimum atomic E-state index is 0.623. The summed E-state index contributed by atoms with van der Waals surface area (Å²) in [6.45, 7) is 5.51. The normalized spacial score (nSPS) is 19.9. The smallest absolute Gasteiger partial charge is 0.0512 e. The van der Waals surface area contributed by atoms with Crippen molar-refractivity contribution in [3.05, 3.63) is 27.7 Å². The minimum absolute atomic E-state index is 0.623. The first-order valence-corrected chi connectivity index (χ1v) is 7.31. The van der Waals surface area contributed by atoms with E-state index < -0.39 is 0 Å². The number of nitrogens with one attached hydrogen (secondary N) is 1. The predicted octanol–water partition coefficient (Wildman–Crippen LogP) is 3.68. The fourth-order valence-electron chi connectivity index (χ4n) is 2.23. The zero-order valence-electron chi connectivity index (χ0n) is 10.0. The first kappa shape index (κ1) is 13.2. The van der Waals surface area contributed by atoms with Gasteiger partial charge in [0.15, 0.2) is 0 Å². The summed E-state index contributed by atoms with van der Waals surface area (Å²) in [5.74, 6) is 0. The van der Waals surface area contributed by atoms with E-state index in [4.69, 9.17) is 11.6 Å². The van der Waals surface area contributed by atoms with Crippen LogP contribution in [0.25, 0.3) is 0 Å². The lowest BCUT2D eigenvalue weighted by atomic mass is 10.2. The quantitative estimate of drug-likeness (QED) is 0.911. The highest BCUT2D eigenvalue weighted by atomic mass is 79.9. The highest BCUT2D eigenvalue weighted by molar-refractivity contribution is 9.10. The maximum absolute atomic E-state index is 5.96. The molecule has 1 unspecified atom stereocenters. The number of halogens is 2. The van der Waals surface area contributed by atoms with Gasteiger partial charge in [-0.3, -0.25) is 0 Å². The van der Waals surface area contributed by atoms with Crippen LogP contribution in [0.4, 0.5) is 5.69 Å². The summed E-state index contributed by atoms with van der Waals surface area (Å²) >= 11 is 9.54. The molecular weight excluding hydrogens is 300 g/mol. The molecule has 2 rings (SSSR count). The van der Waals surface area contributed by atoms with Crippen molar-refractivity contribution in [2.45, 2.75) is 25.8 Å². The molecule has 0 amide bonds. The molecule has 2 nitrogen and oxygen atoms in total. The van der Waals surface area contributed by atoms with Crippen LogP contribution in [0.2, 0.25) is 5.02 Å². The van der Waals surface area contributed by atoms with Crippen LogP contribution >= 0.6 is 27.5 Å². The van der Waals surface area contributed by atoms with E-state index in [1.165, 1.54) is 18.5 Å². The fourth-order valence-corrected chi connectivity index (χ4v) is 3.17. The molecule has 0 saturated carbocycles. The van der Waals surface area contributed by atoms with E-state index in [0.717, 1.165) is 29.1 Å². The lowest BCUT2D eigenvalue weighted by Crippen LogP contribution is -2.33. The second-order valence-corrected chi connectivity index (χ2v) is 5.77. The van der Waals surface area contributed by atoms with Gasteiger partial charge in [0.2, 0.25) is 0 Å². The molecular formula is C13H18BrClN2. The topological polar surface area (TPSA) is 15.3 Å². The third-order valence-corrected chi connectivity index (χ3v) is 3.99. The Hall–Kier alpha value is -0.250. The van der Waals surface area contributed by atoms with E-state index in [1.807, 2.05) is 12.1 Å². The molecule has 0 spiro atoms. The lowest BCUT2D eigenvalue weighted by Gasteiger charge is -2.20. The van der Waals surface area contributed by atoms with Gasteiger partial charge in [-0.1, -0.05) is 18.5 Å². The zero-order chi connectivity index (χ0) is 12.3. The van der Waals surface area contributed by atoms with Crippen LogP contribution in [-0.2, 0) is 0 Å². The summed E-state index contributed by atoms with van der Waals surface area (Å²) in [4.78, 5) is 2.41. The molecule has 1 aromatic rings. The number of rotatable bonds is 4. The summed E-state index contributed by atoms with van der Waals surface area (Å²) in [5.41, 5.74) is 1.25. The van der Waals surface area contributed by atoms with Gasteiger partial charge in [-0.25, -0.2) is 0 Å². The Kier molecular flexibility index (Phi) is 4.71. The van der Waals surface area contributed by atoms with Crippen LogP contribution in [0.5, 0.6) is 0 Å².